The van der Waals surface area contributed by atoms with E-state index in [1.54, 1.807) is 12.4 Å². The number of anilines is 1. The number of hydrogen-bond acceptors (Lipinski definition) is 5. The smallest absolute Gasteiger partial charge is 0.320 e. The van der Waals surface area contributed by atoms with Crippen LogP contribution in [-0.4, -0.2) is 27.1 Å². The predicted octanol–water partition coefficient (Wildman–Crippen LogP) is 4.38. The van der Waals surface area contributed by atoms with E-state index >= 15 is 0 Å². The van der Waals surface area contributed by atoms with Crippen molar-refractivity contribution in [2.45, 2.75) is 19.0 Å². The molecule has 1 atom stereocenters. The van der Waals surface area contributed by atoms with E-state index in [1.807, 2.05) is 54.6 Å². The molecule has 6 nitrogen and oxygen atoms in total. The van der Waals surface area contributed by atoms with Crippen molar-refractivity contribution in [3.05, 3.63) is 102 Å². The molecule has 0 aliphatic rings. The Kier molecular flexibility index (Phi) is 6.53. The quantitative estimate of drug-likeness (QED) is 0.388. The lowest BCUT2D eigenvalue weighted by atomic mass is 10.00. The minimum atomic E-state index is -1.01. The van der Waals surface area contributed by atoms with E-state index in [-0.39, 0.29) is 6.42 Å². The number of carboxylic acid groups (broad SMARTS) is 1. The number of rotatable bonds is 8. The molecule has 160 valence electrons. The summed E-state index contributed by atoms with van der Waals surface area (Å²) in [7, 11) is 0. The Morgan fingerprint density at radius 1 is 0.875 bits per heavy atom. The summed E-state index contributed by atoms with van der Waals surface area (Å²) < 4.78 is 0. The van der Waals surface area contributed by atoms with Gasteiger partial charge in [-0.25, -0.2) is 4.98 Å². The molecule has 4 rings (SSSR count). The summed E-state index contributed by atoms with van der Waals surface area (Å²) in [5.74, 6) is -0.310. The van der Waals surface area contributed by atoms with Crippen molar-refractivity contribution in [1.29, 1.82) is 0 Å². The van der Waals surface area contributed by atoms with Crippen molar-refractivity contribution < 1.29 is 9.90 Å². The lowest BCUT2D eigenvalue weighted by Gasteiger charge is -2.11. The topological polar surface area (TPSA) is 101 Å². The normalized spacial score (nSPS) is 11.7. The van der Waals surface area contributed by atoms with Crippen molar-refractivity contribution in [2.24, 2.45) is 5.73 Å². The number of hydrogen-bond donors (Lipinski definition) is 3. The Balaban J connectivity index is 1.42. The molecule has 1 heterocycles. The molecule has 0 spiro atoms. The molecule has 0 aliphatic carbocycles. The SMILES string of the molecule is NC(Cc1ccc(-c2cnc(NCc3ccccc3-c3ccccc3)cn2)cc1)C(=O)O. The molecule has 32 heavy (non-hydrogen) atoms. The van der Waals surface area contributed by atoms with Crippen molar-refractivity contribution in [2.75, 3.05) is 5.32 Å². The number of nitrogens with one attached hydrogen (secondary N) is 1. The van der Waals surface area contributed by atoms with Gasteiger partial charge in [0.1, 0.15) is 11.9 Å². The third-order valence-corrected chi connectivity index (χ3v) is 5.24. The van der Waals surface area contributed by atoms with Crippen LogP contribution in [0.2, 0.25) is 0 Å². The zero-order valence-electron chi connectivity index (χ0n) is 17.5. The minimum absolute atomic E-state index is 0.286. The third-order valence-electron chi connectivity index (χ3n) is 5.24. The van der Waals surface area contributed by atoms with Gasteiger partial charge in [-0.05, 0) is 28.7 Å². The molecule has 0 bridgehead atoms. The lowest BCUT2D eigenvalue weighted by Crippen LogP contribution is -2.32. The van der Waals surface area contributed by atoms with Crippen LogP contribution in [0.3, 0.4) is 0 Å². The van der Waals surface area contributed by atoms with E-state index in [0.717, 1.165) is 16.8 Å². The van der Waals surface area contributed by atoms with Crippen LogP contribution < -0.4 is 11.1 Å². The molecule has 0 saturated heterocycles. The fraction of sp³-hybridized carbons (Fsp3) is 0.115. The average molecular weight is 425 g/mol. The van der Waals surface area contributed by atoms with Gasteiger partial charge >= 0.3 is 5.97 Å². The third kappa shape index (κ3) is 5.17. The first kappa shape index (κ1) is 21.2. The first-order valence-electron chi connectivity index (χ1n) is 10.4. The first-order valence-corrected chi connectivity index (χ1v) is 10.4. The molecular weight excluding hydrogens is 400 g/mol. The summed E-state index contributed by atoms with van der Waals surface area (Å²) >= 11 is 0. The number of carboxylic acids is 1. The summed E-state index contributed by atoms with van der Waals surface area (Å²) in [6, 6.07) is 25.2. The molecule has 0 fully saturated rings. The fourth-order valence-corrected chi connectivity index (χ4v) is 3.48. The van der Waals surface area contributed by atoms with Crippen LogP contribution in [0.5, 0.6) is 0 Å². The summed E-state index contributed by atoms with van der Waals surface area (Å²) in [5, 5.41) is 12.3. The maximum atomic E-state index is 10.9. The van der Waals surface area contributed by atoms with Gasteiger partial charge in [-0.2, -0.15) is 0 Å². The molecule has 0 aliphatic heterocycles. The highest BCUT2D eigenvalue weighted by Gasteiger charge is 2.12. The summed E-state index contributed by atoms with van der Waals surface area (Å²) in [6.07, 6.45) is 3.73. The fourth-order valence-electron chi connectivity index (χ4n) is 3.48. The Morgan fingerprint density at radius 3 is 2.28 bits per heavy atom. The molecule has 4 aromatic rings. The van der Waals surface area contributed by atoms with Gasteiger partial charge in [-0.15, -0.1) is 0 Å². The summed E-state index contributed by atoms with van der Waals surface area (Å²) in [4.78, 5) is 19.9. The highest BCUT2D eigenvalue weighted by Crippen LogP contribution is 2.24. The number of nitrogens with two attached hydrogens (primary N) is 1. The molecule has 0 radical (unpaired) electrons. The van der Waals surface area contributed by atoms with Gasteiger partial charge in [0.05, 0.1) is 18.1 Å². The van der Waals surface area contributed by atoms with Gasteiger partial charge in [0.2, 0.25) is 0 Å². The number of carbonyl (C=O) groups is 1. The van der Waals surface area contributed by atoms with E-state index in [1.165, 1.54) is 16.7 Å². The number of benzene rings is 3. The van der Waals surface area contributed by atoms with Crippen LogP contribution in [0, 0.1) is 0 Å². The molecule has 1 aromatic heterocycles. The highest BCUT2D eigenvalue weighted by molar-refractivity contribution is 5.73. The lowest BCUT2D eigenvalue weighted by molar-refractivity contribution is -0.138. The number of aromatic nitrogens is 2. The molecule has 6 heteroatoms. The van der Waals surface area contributed by atoms with E-state index in [0.29, 0.717) is 12.4 Å². The Labute approximate surface area is 186 Å². The second-order valence-corrected chi connectivity index (χ2v) is 7.51. The molecular formula is C26H24N4O2. The van der Waals surface area contributed by atoms with Crippen molar-refractivity contribution in [3.8, 4) is 22.4 Å². The molecule has 1 unspecified atom stereocenters. The van der Waals surface area contributed by atoms with Crippen molar-refractivity contribution in [1.82, 2.24) is 9.97 Å². The van der Waals surface area contributed by atoms with Crippen molar-refractivity contribution in [3.63, 3.8) is 0 Å². The van der Waals surface area contributed by atoms with Crippen LogP contribution in [0.4, 0.5) is 5.82 Å². The van der Waals surface area contributed by atoms with Gasteiger partial charge in [0, 0.05) is 12.1 Å². The van der Waals surface area contributed by atoms with Gasteiger partial charge in [0.25, 0.3) is 0 Å². The van der Waals surface area contributed by atoms with E-state index in [4.69, 9.17) is 10.8 Å². The van der Waals surface area contributed by atoms with Crippen LogP contribution >= 0.6 is 0 Å². The average Bonchev–Trinajstić information content (AvgIpc) is 2.84. The van der Waals surface area contributed by atoms with Gasteiger partial charge < -0.3 is 16.2 Å². The van der Waals surface area contributed by atoms with E-state index in [2.05, 4.69) is 39.6 Å². The van der Waals surface area contributed by atoms with Crippen LogP contribution in [0.15, 0.2) is 91.3 Å². The second-order valence-electron chi connectivity index (χ2n) is 7.51. The monoisotopic (exact) mass is 424 g/mol. The molecule has 0 saturated carbocycles. The Morgan fingerprint density at radius 2 is 1.59 bits per heavy atom. The van der Waals surface area contributed by atoms with E-state index in [9.17, 15) is 4.79 Å². The van der Waals surface area contributed by atoms with Crippen LogP contribution in [-0.2, 0) is 17.8 Å². The van der Waals surface area contributed by atoms with Gasteiger partial charge in [-0.1, -0.05) is 78.9 Å². The molecule has 4 N–H and O–H groups in total. The highest BCUT2D eigenvalue weighted by atomic mass is 16.4. The largest absolute Gasteiger partial charge is 0.480 e. The number of nitrogens with zero attached hydrogens (tertiary/aromatic N) is 2. The predicted molar refractivity (Wildman–Crippen MR) is 126 cm³/mol. The molecule has 0 amide bonds. The van der Waals surface area contributed by atoms with Gasteiger partial charge in [-0.3, -0.25) is 9.78 Å². The summed E-state index contributed by atoms with van der Waals surface area (Å²) in [6.45, 7) is 0.637. The Hall–Kier alpha value is -4.03. The van der Waals surface area contributed by atoms with E-state index < -0.39 is 12.0 Å². The zero-order chi connectivity index (χ0) is 22.3. The van der Waals surface area contributed by atoms with Gasteiger partial charge in [0.15, 0.2) is 0 Å². The molecule has 3 aromatic carbocycles. The standard InChI is InChI=1S/C26H24N4O2/c27-23(26(31)32)14-18-10-12-20(13-11-18)24-16-30-25(17-28-24)29-15-21-8-4-5-9-22(21)19-6-2-1-3-7-19/h1-13,16-17,23H,14-15,27H2,(H,29,30)(H,31,32). The first-order chi connectivity index (χ1) is 15.6. The van der Waals surface area contributed by atoms with Crippen LogP contribution in [0.25, 0.3) is 22.4 Å². The van der Waals surface area contributed by atoms with Crippen molar-refractivity contribution >= 4 is 11.8 Å². The minimum Gasteiger partial charge on any atom is -0.480 e. The van der Waals surface area contributed by atoms with Crippen LogP contribution in [0.1, 0.15) is 11.1 Å². The number of aliphatic carboxylic acids is 1. The maximum Gasteiger partial charge on any atom is 0.320 e. The second kappa shape index (κ2) is 9.85. The summed E-state index contributed by atoms with van der Waals surface area (Å²) in [5.41, 5.74) is 11.7. The Bertz CT molecular complexity index is 1180. The zero-order valence-corrected chi connectivity index (χ0v) is 17.5. The maximum absolute atomic E-state index is 10.9.